The molecule has 0 aromatic heterocycles. The van der Waals surface area contributed by atoms with Crippen LogP contribution in [0.4, 0.5) is 5.69 Å². The van der Waals surface area contributed by atoms with Crippen molar-refractivity contribution in [1.82, 2.24) is 4.90 Å². The summed E-state index contributed by atoms with van der Waals surface area (Å²) in [6.07, 6.45) is 2.06. The number of ether oxygens (including phenoxy) is 1. The van der Waals surface area contributed by atoms with E-state index in [-0.39, 0.29) is 18.1 Å². The quantitative estimate of drug-likeness (QED) is 0.667. The number of halogens is 1. The second-order valence-corrected chi connectivity index (χ2v) is 5.13. The van der Waals surface area contributed by atoms with Crippen molar-refractivity contribution in [3.8, 4) is 0 Å². The first kappa shape index (κ1) is 14.7. The normalized spacial score (nSPS) is 13.9. The minimum absolute atomic E-state index is 0.162. The zero-order valence-electron chi connectivity index (χ0n) is 11.3. The van der Waals surface area contributed by atoms with Gasteiger partial charge in [-0.05, 0) is 38.0 Å². The fourth-order valence-corrected chi connectivity index (χ4v) is 2.15. The Kier molecular flexibility index (Phi) is 4.49. The zero-order valence-corrected chi connectivity index (χ0v) is 12.0. The zero-order chi connectivity index (χ0) is 14.7. The number of amides is 1. The molecule has 2 rings (SSSR count). The fourth-order valence-electron chi connectivity index (χ4n) is 1.97. The maximum Gasteiger partial charge on any atom is 0.338 e. The van der Waals surface area contributed by atoms with Crippen LogP contribution in [0.3, 0.4) is 0 Å². The van der Waals surface area contributed by atoms with Crippen LogP contribution in [0, 0.1) is 0 Å². The number of hydrogen-bond acceptors (Lipinski definition) is 4. The van der Waals surface area contributed by atoms with Crippen LogP contribution in [0.2, 0.25) is 5.02 Å². The van der Waals surface area contributed by atoms with E-state index in [0.29, 0.717) is 23.3 Å². The number of likely N-dealkylation sites (N-methyl/N-ethyl adjacent to an activating group) is 1. The second-order valence-electron chi connectivity index (χ2n) is 4.72. The van der Waals surface area contributed by atoms with Gasteiger partial charge < -0.3 is 15.4 Å². The molecular weight excluding hydrogens is 280 g/mol. The van der Waals surface area contributed by atoms with Crippen LogP contribution in [0.15, 0.2) is 18.2 Å². The number of benzene rings is 1. The highest BCUT2D eigenvalue weighted by Crippen LogP contribution is 2.26. The van der Waals surface area contributed by atoms with E-state index in [4.69, 9.17) is 22.1 Å². The molecule has 0 heterocycles. The molecule has 1 saturated carbocycles. The molecule has 1 aromatic carbocycles. The number of nitrogen functional groups attached to an aromatic ring is 1. The highest BCUT2D eigenvalue weighted by Gasteiger charge is 2.31. The molecule has 5 nitrogen and oxygen atoms in total. The molecule has 0 bridgehead atoms. The Morgan fingerprint density at radius 3 is 2.70 bits per heavy atom. The lowest BCUT2D eigenvalue weighted by Crippen LogP contribution is -2.36. The lowest BCUT2D eigenvalue weighted by Gasteiger charge is -2.19. The maximum absolute atomic E-state index is 11.9. The number of carbonyl (C=O) groups is 2. The molecule has 20 heavy (non-hydrogen) atoms. The molecule has 0 atom stereocenters. The van der Waals surface area contributed by atoms with Crippen LogP contribution in [-0.4, -0.2) is 36.0 Å². The molecule has 1 aromatic rings. The Labute approximate surface area is 122 Å². The van der Waals surface area contributed by atoms with E-state index in [1.54, 1.807) is 4.90 Å². The van der Waals surface area contributed by atoms with Gasteiger partial charge in [0.25, 0.3) is 5.91 Å². The Hall–Kier alpha value is -1.75. The molecule has 1 aliphatic carbocycles. The van der Waals surface area contributed by atoms with E-state index >= 15 is 0 Å². The first-order valence-corrected chi connectivity index (χ1v) is 6.92. The second kappa shape index (κ2) is 6.13. The van der Waals surface area contributed by atoms with Crippen molar-refractivity contribution in [3.63, 3.8) is 0 Å². The van der Waals surface area contributed by atoms with Gasteiger partial charge in [-0.3, -0.25) is 4.79 Å². The van der Waals surface area contributed by atoms with Crippen molar-refractivity contribution in [2.75, 3.05) is 18.9 Å². The van der Waals surface area contributed by atoms with Gasteiger partial charge in [-0.2, -0.15) is 0 Å². The van der Waals surface area contributed by atoms with Gasteiger partial charge in [0.2, 0.25) is 0 Å². The molecule has 1 aliphatic rings. The third kappa shape index (κ3) is 3.42. The van der Waals surface area contributed by atoms with Gasteiger partial charge in [0.1, 0.15) is 0 Å². The predicted molar refractivity (Wildman–Crippen MR) is 76.6 cm³/mol. The van der Waals surface area contributed by atoms with Gasteiger partial charge in [0.15, 0.2) is 6.61 Å². The summed E-state index contributed by atoms with van der Waals surface area (Å²) >= 11 is 5.84. The molecule has 0 saturated heterocycles. The summed E-state index contributed by atoms with van der Waals surface area (Å²) < 4.78 is 5.02. The van der Waals surface area contributed by atoms with Crippen molar-refractivity contribution in [1.29, 1.82) is 0 Å². The smallest absolute Gasteiger partial charge is 0.338 e. The molecule has 1 amide bonds. The molecule has 0 spiro atoms. The van der Waals surface area contributed by atoms with Crippen LogP contribution in [0.5, 0.6) is 0 Å². The van der Waals surface area contributed by atoms with Gasteiger partial charge in [-0.15, -0.1) is 0 Å². The van der Waals surface area contributed by atoms with Crippen molar-refractivity contribution < 1.29 is 14.3 Å². The molecule has 0 unspecified atom stereocenters. The number of anilines is 1. The van der Waals surface area contributed by atoms with Crippen molar-refractivity contribution in [3.05, 3.63) is 28.8 Å². The van der Waals surface area contributed by atoms with Gasteiger partial charge in [0.05, 0.1) is 16.3 Å². The summed E-state index contributed by atoms with van der Waals surface area (Å²) in [5.41, 5.74) is 6.24. The number of rotatable bonds is 5. The van der Waals surface area contributed by atoms with Crippen LogP contribution in [-0.2, 0) is 9.53 Å². The molecular formula is C14H17ClN2O3. The van der Waals surface area contributed by atoms with Crippen molar-refractivity contribution >= 4 is 29.2 Å². The predicted octanol–water partition coefficient (Wildman–Crippen LogP) is 2.09. The summed E-state index contributed by atoms with van der Waals surface area (Å²) in [7, 11) is 0. The molecule has 6 heteroatoms. The lowest BCUT2D eigenvalue weighted by molar-refractivity contribution is -0.134. The largest absolute Gasteiger partial charge is 0.452 e. The lowest BCUT2D eigenvalue weighted by atomic mass is 10.2. The van der Waals surface area contributed by atoms with Crippen LogP contribution in [0.1, 0.15) is 30.1 Å². The SMILES string of the molecule is CCN(C(=O)COC(=O)c1ccc(N)c(Cl)c1)C1CC1. The Morgan fingerprint density at radius 1 is 1.45 bits per heavy atom. The summed E-state index contributed by atoms with van der Waals surface area (Å²) in [6.45, 7) is 2.30. The van der Waals surface area contributed by atoms with E-state index < -0.39 is 5.97 Å². The maximum atomic E-state index is 11.9. The average Bonchev–Trinajstić information content (AvgIpc) is 3.24. The molecule has 0 radical (unpaired) electrons. The van der Waals surface area contributed by atoms with Gasteiger partial charge in [-0.25, -0.2) is 4.79 Å². The Bertz CT molecular complexity index is 529. The van der Waals surface area contributed by atoms with Crippen molar-refractivity contribution in [2.45, 2.75) is 25.8 Å². The molecule has 0 aliphatic heterocycles. The molecule has 2 N–H and O–H groups in total. The minimum Gasteiger partial charge on any atom is -0.452 e. The summed E-state index contributed by atoms with van der Waals surface area (Å²) in [5, 5.41) is 0.291. The average molecular weight is 297 g/mol. The summed E-state index contributed by atoms with van der Waals surface area (Å²) in [5.74, 6) is -0.739. The molecule has 1 fully saturated rings. The van der Waals surface area contributed by atoms with Crippen LogP contribution >= 0.6 is 11.6 Å². The Morgan fingerprint density at radius 2 is 2.15 bits per heavy atom. The van der Waals surface area contributed by atoms with Crippen LogP contribution < -0.4 is 5.73 Å². The highest BCUT2D eigenvalue weighted by molar-refractivity contribution is 6.33. The Balaban J connectivity index is 1.91. The first-order valence-electron chi connectivity index (χ1n) is 6.54. The van der Waals surface area contributed by atoms with Gasteiger partial charge in [-0.1, -0.05) is 11.6 Å². The third-order valence-corrected chi connectivity index (χ3v) is 3.54. The number of esters is 1. The number of nitrogens with zero attached hydrogens (tertiary/aromatic N) is 1. The highest BCUT2D eigenvalue weighted by atomic mass is 35.5. The van der Waals surface area contributed by atoms with Gasteiger partial charge in [0, 0.05) is 12.6 Å². The minimum atomic E-state index is -0.577. The number of carbonyl (C=O) groups excluding carboxylic acids is 2. The summed E-state index contributed by atoms with van der Waals surface area (Å²) in [4.78, 5) is 25.5. The third-order valence-electron chi connectivity index (χ3n) is 3.21. The number of hydrogen-bond donors (Lipinski definition) is 1. The van der Waals surface area contributed by atoms with E-state index in [1.165, 1.54) is 18.2 Å². The number of nitrogens with two attached hydrogens (primary N) is 1. The van der Waals surface area contributed by atoms with Crippen molar-refractivity contribution in [2.24, 2.45) is 0 Å². The van der Waals surface area contributed by atoms with Crippen LogP contribution in [0.25, 0.3) is 0 Å². The van der Waals surface area contributed by atoms with Gasteiger partial charge >= 0.3 is 5.97 Å². The van der Waals surface area contributed by atoms with E-state index in [9.17, 15) is 9.59 Å². The molecule has 108 valence electrons. The van der Waals surface area contributed by atoms with E-state index in [2.05, 4.69) is 0 Å². The van der Waals surface area contributed by atoms with E-state index in [0.717, 1.165) is 12.8 Å². The standard InChI is InChI=1S/C14H17ClN2O3/c1-2-17(10-4-5-10)13(18)8-20-14(19)9-3-6-12(16)11(15)7-9/h3,6-7,10H,2,4-5,8,16H2,1H3. The van der Waals surface area contributed by atoms with E-state index in [1.807, 2.05) is 6.92 Å². The fraction of sp³-hybridized carbons (Fsp3) is 0.429. The summed E-state index contributed by atoms with van der Waals surface area (Å²) in [6, 6.07) is 4.80. The monoisotopic (exact) mass is 296 g/mol. The first-order chi connectivity index (χ1) is 9.52. The topological polar surface area (TPSA) is 72.6 Å².